The molecule has 0 saturated heterocycles. The maximum atomic E-state index is 9.53. The van der Waals surface area contributed by atoms with E-state index in [1.165, 1.54) is 21.6 Å². The third-order valence-electron chi connectivity index (χ3n) is 2.10. The summed E-state index contributed by atoms with van der Waals surface area (Å²) >= 11 is 4.81. The molecule has 1 N–H and O–H groups in total. The van der Waals surface area contributed by atoms with Crippen LogP contribution in [0, 0.1) is 0 Å². The van der Waals surface area contributed by atoms with Crippen molar-refractivity contribution in [1.29, 1.82) is 0 Å². The Balaban J connectivity index is 2.84. The number of aromatic hydroxyl groups is 1. The molecule has 0 radical (unpaired) electrons. The molecule has 0 bridgehead atoms. The molecule has 0 aliphatic rings. The van der Waals surface area contributed by atoms with Gasteiger partial charge in [-0.2, -0.15) is 0 Å². The molecule has 0 fully saturated rings. The zero-order valence-corrected chi connectivity index (χ0v) is 9.58. The Kier molecular flexibility index (Phi) is 2.30. The van der Waals surface area contributed by atoms with Gasteiger partial charge in [0, 0.05) is 10.1 Å². The van der Waals surface area contributed by atoms with Crippen LogP contribution in [0.4, 0.5) is 0 Å². The van der Waals surface area contributed by atoms with Crippen molar-refractivity contribution in [2.75, 3.05) is 0 Å². The SMILES string of the molecule is CCc1cccc2c(Br)c(O)sc12. The van der Waals surface area contributed by atoms with Crippen LogP contribution in [0.3, 0.4) is 0 Å². The number of fused-ring (bicyclic) bond motifs is 1. The molecule has 3 heteroatoms. The largest absolute Gasteiger partial charge is 0.499 e. The van der Waals surface area contributed by atoms with Crippen LogP contribution in [0.15, 0.2) is 22.7 Å². The number of thiophene rings is 1. The normalized spacial score (nSPS) is 10.9. The van der Waals surface area contributed by atoms with Gasteiger partial charge in [-0.15, -0.1) is 0 Å². The summed E-state index contributed by atoms with van der Waals surface area (Å²) in [4.78, 5) is 0. The number of hydrogen-bond donors (Lipinski definition) is 1. The Morgan fingerprint density at radius 2 is 2.23 bits per heavy atom. The number of benzene rings is 1. The van der Waals surface area contributed by atoms with E-state index in [1.54, 1.807) is 0 Å². The minimum atomic E-state index is 0.371. The smallest absolute Gasteiger partial charge is 0.186 e. The highest BCUT2D eigenvalue weighted by atomic mass is 79.9. The molecule has 0 unspecified atom stereocenters. The van der Waals surface area contributed by atoms with Crippen LogP contribution < -0.4 is 0 Å². The van der Waals surface area contributed by atoms with E-state index in [-0.39, 0.29) is 0 Å². The van der Waals surface area contributed by atoms with Gasteiger partial charge in [-0.1, -0.05) is 36.5 Å². The molecule has 13 heavy (non-hydrogen) atoms. The summed E-state index contributed by atoms with van der Waals surface area (Å²) in [7, 11) is 0. The molecule has 0 aliphatic heterocycles. The van der Waals surface area contributed by atoms with Gasteiger partial charge in [0.15, 0.2) is 5.06 Å². The van der Waals surface area contributed by atoms with E-state index in [4.69, 9.17) is 0 Å². The van der Waals surface area contributed by atoms with Crippen LogP contribution in [-0.2, 0) is 6.42 Å². The Morgan fingerprint density at radius 3 is 2.92 bits per heavy atom. The first-order chi connectivity index (χ1) is 6.24. The van der Waals surface area contributed by atoms with E-state index in [9.17, 15) is 5.11 Å². The Hall–Kier alpha value is -0.540. The van der Waals surface area contributed by atoms with Crippen molar-refractivity contribution in [2.45, 2.75) is 13.3 Å². The number of halogens is 1. The summed E-state index contributed by atoms with van der Waals surface area (Å²) in [5.74, 6) is 0. The number of hydrogen-bond acceptors (Lipinski definition) is 2. The van der Waals surface area contributed by atoms with Gasteiger partial charge >= 0.3 is 0 Å². The van der Waals surface area contributed by atoms with Crippen LogP contribution >= 0.6 is 27.3 Å². The average molecular weight is 257 g/mol. The molecule has 2 rings (SSSR count). The minimum absolute atomic E-state index is 0.371. The van der Waals surface area contributed by atoms with Gasteiger partial charge in [-0.25, -0.2) is 0 Å². The lowest BCUT2D eigenvalue weighted by Crippen LogP contribution is -1.77. The molecular weight excluding hydrogens is 248 g/mol. The van der Waals surface area contributed by atoms with Crippen LogP contribution in [-0.4, -0.2) is 5.11 Å². The van der Waals surface area contributed by atoms with Crippen LogP contribution in [0.1, 0.15) is 12.5 Å². The van der Waals surface area contributed by atoms with Crippen LogP contribution in [0.25, 0.3) is 10.1 Å². The van der Waals surface area contributed by atoms with Crippen molar-refractivity contribution in [2.24, 2.45) is 0 Å². The van der Waals surface area contributed by atoms with Crippen LogP contribution in [0.5, 0.6) is 5.06 Å². The first-order valence-electron chi connectivity index (χ1n) is 4.13. The third-order valence-corrected chi connectivity index (χ3v) is 4.25. The van der Waals surface area contributed by atoms with Crippen molar-refractivity contribution in [3.63, 3.8) is 0 Å². The second-order valence-corrected chi connectivity index (χ2v) is 4.66. The fourth-order valence-corrected chi connectivity index (χ4v) is 3.13. The molecule has 1 aromatic heterocycles. The van der Waals surface area contributed by atoms with Gasteiger partial charge in [0.05, 0.1) is 4.47 Å². The molecule has 2 aromatic rings. The van der Waals surface area contributed by atoms with Crippen molar-refractivity contribution in [3.05, 3.63) is 28.2 Å². The quantitative estimate of drug-likeness (QED) is 0.820. The Bertz CT molecular complexity index is 447. The Labute approximate surface area is 89.1 Å². The van der Waals surface area contributed by atoms with E-state index in [0.717, 1.165) is 16.3 Å². The molecule has 1 heterocycles. The summed E-state index contributed by atoms with van der Waals surface area (Å²) in [6, 6.07) is 6.15. The van der Waals surface area contributed by atoms with E-state index in [1.807, 2.05) is 12.1 Å². The minimum Gasteiger partial charge on any atom is -0.499 e. The Morgan fingerprint density at radius 1 is 1.46 bits per heavy atom. The maximum Gasteiger partial charge on any atom is 0.186 e. The average Bonchev–Trinajstić information content (AvgIpc) is 2.43. The van der Waals surface area contributed by atoms with Crippen molar-refractivity contribution >= 4 is 37.4 Å². The predicted octanol–water partition coefficient (Wildman–Crippen LogP) is 3.93. The van der Waals surface area contributed by atoms with Gasteiger partial charge in [0.1, 0.15) is 0 Å². The second kappa shape index (κ2) is 3.31. The summed E-state index contributed by atoms with van der Waals surface area (Å²) in [5.41, 5.74) is 1.29. The molecule has 1 nitrogen and oxygen atoms in total. The monoisotopic (exact) mass is 256 g/mol. The van der Waals surface area contributed by atoms with Gasteiger partial charge in [-0.05, 0) is 27.9 Å². The van der Waals surface area contributed by atoms with Gasteiger partial charge in [0.2, 0.25) is 0 Å². The molecule has 1 aromatic carbocycles. The van der Waals surface area contributed by atoms with Gasteiger partial charge in [-0.3, -0.25) is 0 Å². The van der Waals surface area contributed by atoms with Gasteiger partial charge < -0.3 is 5.11 Å². The summed E-state index contributed by atoms with van der Waals surface area (Å²) in [5, 5.41) is 11.0. The molecule has 0 aliphatic carbocycles. The molecular formula is C10H9BrOS. The third kappa shape index (κ3) is 1.36. The van der Waals surface area contributed by atoms with Crippen LogP contribution in [0.2, 0.25) is 0 Å². The van der Waals surface area contributed by atoms with E-state index in [0.29, 0.717) is 5.06 Å². The summed E-state index contributed by atoms with van der Waals surface area (Å²) in [6.45, 7) is 2.12. The lowest BCUT2D eigenvalue weighted by Gasteiger charge is -1.96. The van der Waals surface area contributed by atoms with E-state index >= 15 is 0 Å². The highest BCUT2D eigenvalue weighted by Gasteiger charge is 2.10. The topological polar surface area (TPSA) is 20.2 Å². The van der Waals surface area contributed by atoms with E-state index < -0.39 is 0 Å². The summed E-state index contributed by atoms with van der Waals surface area (Å²) < 4.78 is 2.01. The lowest BCUT2D eigenvalue weighted by molar-refractivity contribution is 0.488. The maximum absolute atomic E-state index is 9.53. The zero-order valence-electron chi connectivity index (χ0n) is 7.17. The number of aryl methyl sites for hydroxylation is 1. The first-order valence-corrected chi connectivity index (χ1v) is 5.74. The molecule has 0 spiro atoms. The zero-order chi connectivity index (χ0) is 9.42. The molecule has 0 atom stereocenters. The molecule has 0 amide bonds. The summed E-state index contributed by atoms with van der Waals surface area (Å²) in [6.07, 6.45) is 1.00. The fraction of sp³-hybridized carbons (Fsp3) is 0.200. The van der Waals surface area contributed by atoms with E-state index in [2.05, 4.69) is 28.9 Å². The first kappa shape index (κ1) is 9.03. The van der Waals surface area contributed by atoms with Gasteiger partial charge in [0.25, 0.3) is 0 Å². The number of rotatable bonds is 1. The highest BCUT2D eigenvalue weighted by Crippen LogP contribution is 2.42. The predicted molar refractivity (Wildman–Crippen MR) is 60.6 cm³/mol. The lowest BCUT2D eigenvalue weighted by atomic mass is 10.1. The fourth-order valence-electron chi connectivity index (χ4n) is 1.41. The van der Waals surface area contributed by atoms with Crippen molar-refractivity contribution < 1.29 is 5.11 Å². The molecule has 68 valence electrons. The standard InChI is InChI=1S/C10H9BrOS/c1-2-6-4-3-5-7-8(11)10(12)13-9(6)7/h3-5,12H,2H2,1H3. The van der Waals surface area contributed by atoms with Crippen molar-refractivity contribution in [3.8, 4) is 5.06 Å². The highest BCUT2D eigenvalue weighted by molar-refractivity contribution is 9.10. The van der Waals surface area contributed by atoms with Crippen molar-refractivity contribution in [1.82, 2.24) is 0 Å². The molecule has 0 saturated carbocycles. The second-order valence-electron chi connectivity index (χ2n) is 2.87.